The van der Waals surface area contributed by atoms with Gasteiger partial charge in [0.2, 0.25) is 0 Å². The van der Waals surface area contributed by atoms with Crippen LogP contribution in [0.2, 0.25) is 0 Å². The van der Waals surface area contributed by atoms with Crippen LogP contribution in [-0.4, -0.2) is 15.6 Å². The number of carbonyl (C=O) groups is 1. The average molecular weight is 295 g/mol. The molecule has 4 heteroatoms. The van der Waals surface area contributed by atoms with E-state index in [9.17, 15) is 9.90 Å². The molecule has 0 fully saturated rings. The molecule has 3 aromatic rings. The molecule has 2 aromatic carbocycles. The molecule has 0 bridgehead atoms. The monoisotopic (exact) mass is 295 g/mol. The zero-order valence-corrected chi connectivity index (χ0v) is 12.0. The lowest BCUT2D eigenvalue weighted by atomic mass is 10.1. The van der Waals surface area contributed by atoms with Crippen molar-refractivity contribution in [3.05, 3.63) is 72.4 Å². The Morgan fingerprint density at radius 1 is 0.952 bits per heavy atom. The van der Waals surface area contributed by atoms with Gasteiger partial charge in [-0.1, -0.05) is 36.4 Å². The minimum atomic E-state index is -0.948. The fourth-order valence-corrected chi connectivity index (χ4v) is 2.62. The van der Waals surface area contributed by atoms with E-state index in [0.29, 0.717) is 5.69 Å². The predicted molar refractivity (Wildman–Crippen MR) is 85.4 cm³/mol. The highest BCUT2D eigenvalue weighted by atomic mass is 32.1. The second kappa shape index (κ2) is 5.50. The summed E-state index contributed by atoms with van der Waals surface area (Å²) in [6, 6.07) is 18.8. The van der Waals surface area contributed by atoms with E-state index in [1.165, 1.54) is 0 Å². The average Bonchev–Trinajstić information content (AvgIpc) is 2.93. The molecule has 0 unspecified atom stereocenters. The number of hydrogen-bond donors (Lipinski definition) is 2. The molecule has 104 valence electrons. The molecule has 0 saturated heterocycles. The van der Waals surface area contributed by atoms with Gasteiger partial charge in [0.1, 0.15) is 0 Å². The van der Waals surface area contributed by atoms with Crippen LogP contribution in [0.3, 0.4) is 0 Å². The van der Waals surface area contributed by atoms with Gasteiger partial charge in [-0.15, -0.1) is 12.6 Å². The Bertz CT molecular complexity index is 794. The molecular weight excluding hydrogens is 282 g/mol. The first kappa shape index (κ1) is 13.5. The number of benzene rings is 2. The second-order valence-corrected chi connectivity index (χ2v) is 5.09. The van der Waals surface area contributed by atoms with E-state index in [1.54, 1.807) is 12.3 Å². The standard InChI is InChI=1S/C17H13NO2S/c19-17(20)14-10-11-18(12-6-2-1-3-7-12)16(14)13-8-4-5-9-15(13)21/h1-11,21H,(H,19,20). The van der Waals surface area contributed by atoms with Gasteiger partial charge in [0.05, 0.1) is 11.3 Å². The summed E-state index contributed by atoms with van der Waals surface area (Å²) in [5, 5.41) is 9.44. The molecule has 0 aliphatic rings. The largest absolute Gasteiger partial charge is 0.478 e. The maximum atomic E-state index is 11.5. The lowest BCUT2D eigenvalue weighted by molar-refractivity contribution is 0.0698. The number of aromatic nitrogens is 1. The van der Waals surface area contributed by atoms with Crippen molar-refractivity contribution < 1.29 is 9.90 Å². The summed E-state index contributed by atoms with van der Waals surface area (Å²) in [5.74, 6) is -0.948. The Morgan fingerprint density at radius 2 is 1.62 bits per heavy atom. The smallest absolute Gasteiger partial charge is 0.337 e. The van der Waals surface area contributed by atoms with Crippen molar-refractivity contribution in [2.24, 2.45) is 0 Å². The van der Waals surface area contributed by atoms with Crippen LogP contribution in [0, 0.1) is 0 Å². The third-order valence-corrected chi connectivity index (χ3v) is 3.70. The van der Waals surface area contributed by atoms with Gasteiger partial charge in [0, 0.05) is 22.3 Å². The fourth-order valence-electron chi connectivity index (χ4n) is 2.36. The topological polar surface area (TPSA) is 42.2 Å². The summed E-state index contributed by atoms with van der Waals surface area (Å²) in [6.45, 7) is 0. The molecule has 0 aliphatic carbocycles. The highest BCUT2D eigenvalue weighted by Crippen LogP contribution is 2.32. The number of carboxylic acid groups (broad SMARTS) is 1. The minimum absolute atomic E-state index is 0.264. The van der Waals surface area contributed by atoms with Crippen molar-refractivity contribution in [3.63, 3.8) is 0 Å². The Labute approximate surface area is 127 Å². The van der Waals surface area contributed by atoms with Gasteiger partial charge in [0.25, 0.3) is 0 Å². The van der Waals surface area contributed by atoms with Crippen molar-refractivity contribution in [2.75, 3.05) is 0 Å². The number of hydrogen-bond acceptors (Lipinski definition) is 2. The van der Waals surface area contributed by atoms with Gasteiger partial charge in [-0.3, -0.25) is 0 Å². The molecular formula is C17H13NO2S. The van der Waals surface area contributed by atoms with E-state index >= 15 is 0 Å². The molecule has 21 heavy (non-hydrogen) atoms. The minimum Gasteiger partial charge on any atom is -0.478 e. The van der Waals surface area contributed by atoms with E-state index in [-0.39, 0.29) is 5.56 Å². The Morgan fingerprint density at radius 3 is 2.29 bits per heavy atom. The lowest BCUT2D eigenvalue weighted by Gasteiger charge is -2.12. The van der Waals surface area contributed by atoms with Gasteiger partial charge in [0.15, 0.2) is 0 Å². The van der Waals surface area contributed by atoms with Crippen molar-refractivity contribution in [1.82, 2.24) is 4.57 Å². The number of para-hydroxylation sites is 1. The Kier molecular flexibility index (Phi) is 3.54. The summed E-state index contributed by atoms with van der Waals surface area (Å²) >= 11 is 4.45. The van der Waals surface area contributed by atoms with Crippen molar-refractivity contribution in [3.8, 4) is 16.9 Å². The zero-order valence-electron chi connectivity index (χ0n) is 11.1. The van der Waals surface area contributed by atoms with E-state index < -0.39 is 5.97 Å². The first-order chi connectivity index (χ1) is 10.2. The van der Waals surface area contributed by atoms with Crippen LogP contribution in [0.25, 0.3) is 16.9 Å². The quantitative estimate of drug-likeness (QED) is 0.713. The molecule has 3 nitrogen and oxygen atoms in total. The number of rotatable bonds is 3. The van der Waals surface area contributed by atoms with Crippen molar-refractivity contribution in [2.45, 2.75) is 4.90 Å². The third-order valence-electron chi connectivity index (χ3n) is 3.31. The maximum Gasteiger partial charge on any atom is 0.337 e. The van der Waals surface area contributed by atoms with Gasteiger partial charge in [-0.05, 0) is 24.3 Å². The number of aromatic carboxylic acids is 1. The van der Waals surface area contributed by atoms with Crippen LogP contribution < -0.4 is 0 Å². The van der Waals surface area contributed by atoms with Gasteiger partial charge in [-0.25, -0.2) is 4.79 Å². The SMILES string of the molecule is O=C(O)c1ccn(-c2ccccc2)c1-c1ccccc1S. The van der Waals surface area contributed by atoms with E-state index in [1.807, 2.05) is 59.2 Å². The molecule has 1 heterocycles. The molecule has 0 atom stereocenters. The first-order valence-corrected chi connectivity index (χ1v) is 6.91. The molecule has 1 N–H and O–H groups in total. The van der Waals surface area contributed by atoms with E-state index in [4.69, 9.17) is 0 Å². The lowest BCUT2D eigenvalue weighted by Crippen LogP contribution is -2.02. The van der Waals surface area contributed by atoms with Crippen LogP contribution in [0.4, 0.5) is 0 Å². The van der Waals surface area contributed by atoms with Crippen LogP contribution in [0.15, 0.2) is 71.8 Å². The zero-order chi connectivity index (χ0) is 14.8. The van der Waals surface area contributed by atoms with Gasteiger partial charge < -0.3 is 9.67 Å². The summed E-state index contributed by atoms with van der Waals surface area (Å²) < 4.78 is 1.87. The summed E-state index contributed by atoms with van der Waals surface area (Å²) in [5.41, 5.74) is 2.61. The van der Waals surface area contributed by atoms with Gasteiger partial charge >= 0.3 is 5.97 Å². The molecule has 0 aliphatic heterocycles. The van der Waals surface area contributed by atoms with E-state index in [0.717, 1.165) is 16.1 Å². The van der Waals surface area contributed by atoms with Crippen LogP contribution in [-0.2, 0) is 0 Å². The van der Waals surface area contributed by atoms with Crippen LogP contribution in [0.5, 0.6) is 0 Å². The normalized spacial score (nSPS) is 10.5. The molecule has 0 amide bonds. The molecule has 3 rings (SSSR count). The van der Waals surface area contributed by atoms with Crippen molar-refractivity contribution >= 4 is 18.6 Å². The molecule has 0 radical (unpaired) electrons. The number of nitrogens with zero attached hydrogens (tertiary/aromatic N) is 1. The summed E-state index contributed by atoms with van der Waals surface area (Å²) in [6.07, 6.45) is 1.77. The van der Waals surface area contributed by atoms with Crippen LogP contribution in [0.1, 0.15) is 10.4 Å². The summed E-state index contributed by atoms with van der Waals surface area (Å²) in [7, 11) is 0. The maximum absolute atomic E-state index is 11.5. The van der Waals surface area contributed by atoms with Crippen molar-refractivity contribution in [1.29, 1.82) is 0 Å². The highest BCUT2D eigenvalue weighted by molar-refractivity contribution is 7.80. The summed E-state index contributed by atoms with van der Waals surface area (Å²) in [4.78, 5) is 12.3. The second-order valence-electron chi connectivity index (χ2n) is 4.61. The van der Waals surface area contributed by atoms with Gasteiger partial charge in [-0.2, -0.15) is 0 Å². The highest BCUT2D eigenvalue weighted by Gasteiger charge is 2.19. The molecule has 1 aromatic heterocycles. The number of thiol groups is 1. The Balaban J connectivity index is 2.29. The Hall–Kier alpha value is -2.46. The number of carboxylic acids is 1. The molecule has 0 spiro atoms. The van der Waals surface area contributed by atoms with E-state index in [2.05, 4.69) is 12.6 Å². The third kappa shape index (κ3) is 2.45. The van der Waals surface area contributed by atoms with Crippen LogP contribution >= 0.6 is 12.6 Å². The first-order valence-electron chi connectivity index (χ1n) is 6.47. The fraction of sp³-hybridized carbons (Fsp3) is 0. The molecule has 0 saturated carbocycles. The predicted octanol–water partition coefficient (Wildman–Crippen LogP) is 4.13.